The van der Waals surface area contributed by atoms with Gasteiger partial charge in [-0.05, 0) is 42.3 Å². The molecule has 0 aliphatic carbocycles. The van der Waals surface area contributed by atoms with E-state index in [-0.39, 0.29) is 6.42 Å². The number of imidazole rings is 1. The number of carbonyl (C=O) groups is 2. The Morgan fingerprint density at radius 3 is 2.77 bits per heavy atom. The van der Waals surface area contributed by atoms with Crippen molar-refractivity contribution in [1.82, 2.24) is 9.97 Å². The summed E-state index contributed by atoms with van der Waals surface area (Å²) in [5.41, 5.74) is 12.7. The summed E-state index contributed by atoms with van der Waals surface area (Å²) in [5, 5.41) is 11.7. The summed E-state index contributed by atoms with van der Waals surface area (Å²) in [7, 11) is 0. The smallest absolute Gasteiger partial charge is 0.254 e. The van der Waals surface area contributed by atoms with Crippen LogP contribution in [-0.4, -0.2) is 27.3 Å². The van der Waals surface area contributed by atoms with Gasteiger partial charge in [-0.15, -0.1) is 0 Å². The Morgan fingerprint density at radius 1 is 1.27 bits per heavy atom. The van der Waals surface area contributed by atoms with Crippen LogP contribution >= 0.6 is 0 Å². The third-order valence-corrected chi connectivity index (χ3v) is 4.94. The zero-order valence-electron chi connectivity index (χ0n) is 16.7. The maximum atomic E-state index is 12.9. The standard InChI is InChI=1S/C22H24N6O2/c1-2-3-7-19-27-17-9-8-16(11-18(17)28-19)26-21(30)22(25,20(24)29)12-14-5-4-6-15(10-14)13-23/h4-6,8-11H,2-3,7,12,25H2,1H3,(H2,24,29)(H,26,30)(H,27,28)/t22-/m0/s1. The Kier molecular flexibility index (Phi) is 6.14. The molecule has 1 atom stereocenters. The molecule has 2 aromatic carbocycles. The number of benzene rings is 2. The Morgan fingerprint density at radius 2 is 2.07 bits per heavy atom. The number of hydrogen-bond acceptors (Lipinski definition) is 5. The number of anilines is 1. The van der Waals surface area contributed by atoms with Crippen LogP contribution in [0.25, 0.3) is 11.0 Å². The van der Waals surface area contributed by atoms with Gasteiger partial charge in [0, 0.05) is 18.5 Å². The van der Waals surface area contributed by atoms with Gasteiger partial charge in [-0.2, -0.15) is 5.26 Å². The van der Waals surface area contributed by atoms with E-state index in [2.05, 4.69) is 22.2 Å². The van der Waals surface area contributed by atoms with Crippen LogP contribution < -0.4 is 16.8 Å². The zero-order valence-corrected chi connectivity index (χ0v) is 16.7. The molecule has 0 bridgehead atoms. The summed E-state index contributed by atoms with van der Waals surface area (Å²) in [6.45, 7) is 2.12. The normalized spacial score (nSPS) is 12.8. The van der Waals surface area contributed by atoms with E-state index in [1.807, 2.05) is 6.07 Å². The molecular formula is C22H24N6O2. The first-order valence-corrected chi connectivity index (χ1v) is 9.73. The average molecular weight is 404 g/mol. The van der Waals surface area contributed by atoms with Gasteiger partial charge < -0.3 is 21.8 Å². The molecular weight excluding hydrogens is 380 g/mol. The van der Waals surface area contributed by atoms with Gasteiger partial charge in [0.2, 0.25) is 5.91 Å². The van der Waals surface area contributed by atoms with Gasteiger partial charge in [0.25, 0.3) is 5.91 Å². The number of primary amides is 1. The van der Waals surface area contributed by atoms with Crippen molar-refractivity contribution >= 4 is 28.5 Å². The number of nitrogens with one attached hydrogen (secondary N) is 2. The van der Waals surface area contributed by atoms with E-state index in [9.17, 15) is 9.59 Å². The van der Waals surface area contributed by atoms with Crippen molar-refractivity contribution in [2.75, 3.05) is 5.32 Å². The minimum absolute atomic E-state index is 0.128. The number of H-pyrrole nitrogens is 1. The molecule has 0 saturated heterocycles. The highest BCUT2D eigenvalue weighted by atomic mass is 16.2. The van der Waals surface area contributed by atoms with Gasteiger partial charge in [-0.3, -0.25) is 9.59 Å². The highest BCUT2D eigenvalue weighted by molar-refractivity contribution is 6.14. The molecule has 8 nitrogen and oxygen atoms in total. The van der Waals surface area contributed by atoms with Gasteiger partial charge in [-0.25, -0.2) is 4.98 Å². The molecule has 0 fully saturated rings. The monoisotopic (exact) mass is 404 g/mol. The van der Waals surface area contributed by atoms with E-state index in [1.165, 1.54) is 0 Å². The molecule has 3 rings (SSSR count). The van der Waals surface area contributed by atoms with Crippen LogP contribution in [0.1, 0.15) is 36.7 Å². The quantitative estimate of drug-likeness (QED) is 0.424. The largest absolute Gasteiger partial charge is 0.368 e. The molecule has 154 valence electrons. The SMILES string of the molecule is CCCCc1nc2ccc(NC(=O)[C@](N)(Cc3cccc(C#N)c3)C(N)=O)cc2[nH]1. The molecule has 0 aliphatic heterocycles. The number of aromatic amines is 1. The predicted molar refractivity (Wildman–Crippen MR) is 114 cm³/mol. The van der Waals surface area contributed by atoms with Crippen LogP contribution in [0, 0.1) is 11.3 Å². The number of aryl methyl sites for hydroxylation is 1. The van der Waals surface area contributed by atoms with Crippen LogP contribution in [0.15, 0.2) is 42.5 Å². The Hall–Kier alpha value is -3.70. The minimum Gasteiger partial charge on any atom is -0.368 e. The van der Waals surface area contributed by atoms with Crippen molar-refractivity contribution in [3.8, 4) is 6.07 Å². The number of amides is 2. The Bertz CT molecular complexity index is 1130. The molecule has 0 aliphatic rings. The topological polar surface area (TPSA) is 151 Å². The van der Waals surface area contributed by atoms with Crippen molar-refractivity contribution in [2.24, 2.45) is 11.5 Å². The third-order valence-electron chi connectivity index (χ3n) is 4.94. The number of aromatic nitrogens is 2. The maximum Gasteiger partial charge on any atom is 0.254 e. The van der Waals surface area contributed by atoms with E-state index >= 15 is 0 Å². The Balaban J connectivity index is 1.81. The summed E-state index contributed by atoms with van der Waals surface area (Å²) in [6, 6.07) is 13.8. The first-order valence-electron chi connectivity index (χ1n) is 9.73. The predicted octanol–water partition coefficient (Wildman–Crippen LogP) is 2.14. The number of nitriles is 1. The molecule has 0 spiro atoms. The molecule has 6 N–H and O–H groups in total. The lowest BCUT2D eigenvalue weighted by atomic mass is 9.89. The maximum absolute atomic E-state index is 12.9. The zero-order chi connectivity index (χ0) is 21.7. The molecule has 8 heteroatoms. The van der Waals surface area contributed by atoms with Gasteiger partial charge in [0.15, 0.2) is 5.54 Å². The highest BCUT2D eigenvalue weighted by Crippen LogP contribution is 2.20. The summed E-state index contributed by atoms with van der Waals surface area (Å²) in [6.07, 6.45) is 2.82. The number of hydrogen-bond donors (Lipinski definition) is 4. The second-order valence-corrected chi connectivity index (χ2v) is 7.30. The molecule has 0 unspecified atom stereocenters. The summed E-state index contributed by atoms with van der Waals surface area (Å²) in [5.74, 6) is -0.785. The lowest BCUT2D eigenvalue weighted by Gasteiger charge is -2.25. The number of rotatable bonds is 8. The van der Waals surface area contributed by atoms with Crippen molar-refractivity contribution in [1.29, 1.82) is 5.26 Å². The molecule has 0 saturated carbocycles. The first-order chi connectivity index (χ1) is 14.4. The number of nitrogens with two attached hydrogens (primary N) is 2. The molecule has 0 radical (unpaired) electrons. The fourth-order valence-electron chi connectivity index (χ4n) is 3.20. The Labute approximate surface area is 174 Å². The van der Waals surface area contributed by atoms with Gasteiger partial charge >= 0.3 is 0 Å². The van der Waals surface area contributed by atoms with E-state index in [1.54, 1.807) is 42.5 Å². The third kappa shape index (κ3) is 4.47. The lowest BCUT2D eigenvalue weighted by molar-refractivity contribution is -0.132. The van der Waals surface area contributed by atoms with Crippen molar-refractivity contribution < 1.29 is 9.59 Å². The van der Waals surface area contributed by atoms with E-state index in [0.717, 1.165) is 36.1 Å². The molecule has 30 heavy (non-hydrogen) atoms. The molecule has 1 heterocycles. The summed E-state index contributed by atoms with van der Waals surface area (Å²) >= 11 is 0. The van der Waals surface area contributed by atoms with Crippen molar-refractivity contribution in [3.63, 3.8) is 0 Å². The van der Waals surface area contributed by atoms with Crippen molar-refractivity contribution in [3.05, 3.63) is 59.4 Å². The fourth-order valence-corrected chi connectivity index (χ4v) is 3.20. The number of carbonyl (C=O) groups excluding carboxylic acids is 2. The highest BCUT2D eigenvalue weighted by Gasteiger charge is 2.40. The molecule has 2 amide bonds. The van der Waals surface area contributed by atoms with Crippen LogP contribution in [0.2, 0.25) is 0 Å². The van der Waals surface area contributed by atoms with E-state index < -0.39 is 17.4 Å². The van der Waals surface area contributed by atoms with Crippen LogP contribution in [0.5, 0.6) is 0 Å². The van der Waals surface area contributed by atoms with Crippen molar-refractivity contribution in [2.45, 2.75) is 38.1 Å². The van der Waals surface area contributed by atoms with E-state index in [4.69, 9.17) is 16.7 Å². The second-order valence-electron chi connectivity index (χ2n) is 7.30. The molecule has 3 aromatic rings. The fraction of sp³-hybridized carbons (Fsp3) is 0.273. The minimum atomic E-state index is -1.97. The van der Waals surface area contributed by atoms with Crippen LogP contribution in [0.3, 0.4) is 0 Å². The van der Waals surface area contributed by atoms with Crippen LogP contribution in [0.4, 0.5) is 5.69 Å². The molecule has 1 aromatic heterocycles. The summed E-state index contributed by atoms with van der Waals surface area (Å²) < 4.78 is 0. The van der Waals surface area contributed by atoms with Gasteiger partial charge in [-0.1, -0.05) is 25.5 Å². The average Bonchev–Trinajstić information content (AvgIpc) is 3.14. The second kappa shape index (κ2) is 8.76. The van der Waals surface area contributed by atoms with Gasteiger partial charge in [0.05, 0.1) is 22.7 Å². The lowest BCUT2D eigenvalue weighted by Crippen LogP contribution is -2.61. The van der Waals surface area contributed by atoms with Crippen LogP contribution in [-0.2, 0) is 22.4 Å². The number of nitrogens with zero attached hydrogens (tertiary/aromatic N) is 2. The first kappa shape index (κ1) is 21.0. The van der Waals surface area contributed by atoms with Gasteiger partial charge in [0.1, 0.15) is 5.82 Å². The summed E-state index contributed by atoms with van der Waals surface area (Å²) in [4.78, 5) is 32.7. The number of fused-ring (bicyclic) bond motifs is 1. The number of unbranched alkanes of at least 4 members (excludes halogenated alkanes) is 1. The van der Waals surface area contributed by atoms with E-state index in [0.29, 0.717) is 16.8 Å².